The van der Waals surface area contributed by atoms with E-state index in [4.69, 9.17) is 9.72 Å². The minimum Gasteiger partial charge on any atom is -0.491 e. The number of aliphatic hydroxyl groups excluding tert-OH is 1. The molecule has 8 heteroatoms. The molecule has 0 aliphatic carbocycles. The molecule has 1 aromatic carbocycles. The maximum absolute atomic E-state index is 9.94. The molecule has 0 aliphatic heterocycles. The average molecular weight is 447 g/mol. The molecule has 4 rings (SSSR count). The van der Waals surface area contributed by atoms with Crippen molar-refractivity contribution in [1.82, 2.24) is 25.1 Å². The molecule has 0 saturated carbocycles. The maximum Gasteiger partial charge on any atom is 0.160 e. The summed E-state index contributed by atoms with van der Waals surface area (Å²) in [7, 11) is 1.80. The fourth-order valence-electron chi connectivity index (χ4n) is 3.61. The number of ether oxygens (including phenoxy) is 1. The number of fused-ring (bicyclic) bond motifs is 1. The fourth-order valence-corrected chi connectivity index (χ4v) is 3.61. The number of pyridine rings is 2. The number of aromatic nitrogens is 4. The number of likely N-dealkylation sites (N-methyl/N-ethyl adjacent to an activating group) is 1. The van der Waals surface area contributed by atoms with E-state index in [1.54, 1.807) is 13.2 Å². The van der Waals surface area contributed by atoms with Crippen LogP contribution in [0.15, 0.2) is 60.9 Å². The van der Waals surface area contributed by atoms with Crippen molar-refractivity contribution in [2.24, 2.45) is 0 Å². The van der Waals surface area contributed by atoms with Crippen LogP contribution in [0, 0.1) is 0 Å². The lowest BCUT2D eigenvalue weighted by atomic mass is 10.1. The van der Waals surface area contributed by atoms with Crippen molar-refractivity contribution in [3.63, 3.8) is 0 Å². The van der Waals surface area contributed by atoms with Crippen LogP contribution >= 0.6 is 0 Å². The highest BCUT2D eigenvalue weighted by atomic mass is 16.5. The molecule has 3 aromatic heterocycles. The average Bonchev–Trinajstić information content (AvgIpc) is 3.27. The zero-order valence-electron chi connectivity index (χ0n) is 19.2. The quantitative estimate of drug-likeness (QED) is 0.342. The smallest absolute Gasteiger partial charge is 0.160 e. The Labute approximate surface area is 193 Å². The van der Waals surface area contributed by atoms with E-state index in [9.17, 15) is 5.11 Å². The van der Waals surface area contributed by atoms with Crippen molar-refractivity contribution < 1.29 is 9.84 Å². The summed E-state index contributed by atoms with van der Waals surface area (Å²) >= 11 is 0. The van der Waals surface area contributed by atoms with Gasteiger partial charge in [0.25, 0.3) is 0 Å². The van der Waals surface area contributed by atoms with Gasteiger partial charge in [-0.05, 0) is 51.2 Å². The molecule has 0 fully saturated rings. The zero-order valence-corrected chi connectivity index (χ0v) is 19.2. The third-order valence-corrected chi connectivity index (χ3v) is 5.25. The van der Waals surface area contributed by atoms with Crippen molar-refractivity contribution in [1.29, 1.82) is 0 Å². The number of hydrogen-bond donors (Lipinski definition) is 3. The Morgan fingerprint density at radius 3 is 2.76 bits per heavy atom. The number of anilines is 1. The molecule has 4 aromatic rings. The minimum atomic E-state index is -0.573. The number of nitrogens with zero attached hydrogens (tertiary/aromatic N) is 4. The van der Waals surface area contributed by atoms with Gasteiger partial charge in [-0.1, -0.05) is 18.2 Å². The molecule has 1 unspecified atom stereocenters. The van der Waals surface area contributed by atoms with Crippen LogP contribution in [0.5, 0.6) is 5.75 Å². The summed E-state index contributed by atoms with van der Waals surface area (Å²) in [6.07, 6.45) is 3.08. The molecule has 1 atom stereocenters. The molecule has 33 heavy (non-hydrogen) atoms. The molecular weight excluding hydrogens is 416 g/mol. The summed E-state index contributed by atoms with van der Waals surface area (Å²) in [4.78, 5) is 9.34. The number of rotatable bonds is 10. The molecular formula is C25H30N6O2. The third kappa shape index (κ3) is 5.47. The molecule has 0 saturated heterocycles. The molecule has 0 spiro atoms. The highest BCUT2D eigenvalue weighted by molar-refractivity contribution is 5.91. The summed E-state index contributed by atoms with van der Waals surface area (Å²) in [6, 6.07) is 15.9. The van der Waals surface area contributed by atoms with Crippen molar-refractivity contribution in [3.8, 4) is 17.0 Å². The first-order valence-electron chi connectivity index (χ1n) is 11.1. The highest BCUT2D eigenvalue weighted by Crippen LogP contribution is 2.31. The van der Waals surface area contributed by atoms with Gasteiger partial charge in [-0.15, -0.1) is 0 Å². The molecule has 8 nitrogen and oxygen atoms in total. The zero-order chi connectivity index (χ0) is 23.2. The van der Waals surface area contributed by atoms with E-state index in [0.717, 1.165) is 33.7 Å². The Morgan fingerprint density at radius 2 is 2.00 bits per heavy atom. The topological polar surface area (TPSA) is 97.1 Å². The predicted molar refractivity (Wildman–Crippen MR) is 130 cm³/mol. The van der Waals surface area contributed by atoms with Gasteiger partial charge in [-0.2, -0.15) is 5.10 Å². The second-order valence-electron chi connectivity index (χ2n) is 8.20. The van der Waals surface area contributed by atoms with Crippen LogP contribution in [0.4, 0.5) is 5.69 Å². The van der Waals surface area contributed by atoms with Gasteiger partial charge in [0.1, 0.15) is 18.5 Å². The van der Waals surface area contributed by atoms with Gasteiger partial charge in [0.2, 0.25) is 0 Å². The van der Waals surface area contributed by atoms with E-state index in [1.807, 2.05) is 59.4 Å². The largest absolute Gasteiger partial charge is 0.491 e. The molecule has 0 amide bonds. The Balaban J connectivity index is 1.67. The summed E-state index contributed by atoms with van der Waals surface area (Å²) < 4.78 is 7.72. The lowest BCUT2D eigenvalue weighted by molar-refractivity contribution is 0.108. The van der Waals surface area contributed by atoms with Crippen LogP contribution in [0.2, 0.25) is 0 Å². The van der Waals surface area contributed by atoms with E-state index in [0.29, 0.717) is 18.8 Å². The summed E-state index contributed by atoms with van der Waals surface area (Å²) in [5, 5.41) is 21.9. The van der Waals surface area contributed by atoms with Crippen molar-refractivity contribution in [2.75, 3.05) is 25.5 Å². The summed E-state index contributed by atoms with van der Waals surface area (Å²) in [5.74, 6) is 0.685. The van der Waals surface area contributed by atoms with Crippen molar-refractivity contribution in [3.05, 3.63) is 66.6 Å². The van der Waals surface area contributed by atoms with E-state index in [-0.39, 0.29) is 12.6 Å². The number of nitrogens with one attached hydrogen (secondary N) is 2. The van der Waals surface area contributed by atoms with E-state index in [2.05, 4.69) is 34.6 Å². The predicted octanol–water partition coefficient (Wildman–Crippen LogP) is 3.65. The first kappa shape index (κ1) is 22.7. The number of hydrogen-bond acceptors (Lipinski definition) is 7. The van der Waals surface area contributed by atoms with Gasteiger partial charge in [0.15, 0.2) is 5.65 Å². The normalized spacial score (nSPS) is 12.3. The van der Waals surface area contributed by atoms with E-state index < -0.39 is 6.10 Å². The molecule has 3 N–H and O–H groups in total. The fraction of sp³-hybridized carbons (Fsp3) is 0.320. The lowest BCUT2D eigenvalue weighted by Crippen LogP contribution is -2.29. The lowest BCUT2D eigenvalue weighted by Gasteiger charge is -2.14. The second kappa shape index (κ2) is 10.4. The second-order valence-corrected chi connectivity index (χ2v) is 8.20. The highest BCUT2D eigenvalue weighted by Gasteiger charge is 2.15. The van der Waals surface area contributed by atoms with Crippen LogP contribution < -0.4 is 15.4 Å². The minimum absolute atomic E-state index is 0.178. The molecule has 0 radical (unpaired) electrons. The van der Waals surface area contributed by atoms with Gasteiger partial charge in [0, 0.05) is 30.0 Å². The van der Waals surface area contributed by atoms with Crippen LogP contribution in [0.3, 0.4) is 0 Å². The van der Waals surface area contributed by atoms with E-state index >= 15 is 0 Å². The van der Waals surface area contributed by atoms with Gasteiger partial charge in [-0.3, -0.25) is 4.98 Å². The molecule has 0 bridgehead atoms. The van der Waals surface area contributed by atoms with E-state index in [1.165, 1.54) is 0 Å². The molecule has 3 heterocycles. The SMILES string of the molecule is CNCC(O)COc1cccc(-c2cc(NCc3ccccn3)c3cnn(C(C)C)c3n2)c1. The van der Waals surface area contributed by atoms with Crippen LogP contribution in [-0.4, -0.2) is 51.2 Å². The van der Waals surface area contributed by atoms with Crippen LogP contribution in [-0.2, 0) is 6.54 Å². The third-order valence-electron chi connectivity index (χ3n) is 5.25. The Hall–Kier alpha value is -3.49. The standard InChI is InChI=1S/C25H30N6O2/c1-17(2)31-25-22(15-29-31)24(28-13-19-8-4-5-10-27-19)12-23(30-25)18-7-6-9-21(11-18)33-16-20(32)14-26-3/h4-12,15,17,20,26,32H,13-14,16H2,1-3H3,(H,28,30). The molecule has 0 aliphatic rings. The summed E-state index contributed by atoms with van der Waals surface area (Å²) in [5.41, 5.74) is 4.46. The van der Waals surface area contributed by atoms with Crippen LogP contribution in [0.25, 0.3) is 22.3 Å². The number of benzene rings is 1. The van der Waals surface area contributed by atoms with Crippen LogP contribution in [0.1, 0.15) is 25.6 Å². The summed E-state index contributed by atoms with van der Waals surface area (Å²) in [6.45, 7) is 5.47. The number of aliphatic hydroxyl groups is 1. The Kier molecular flexibility index (Phi) is 7.16. The monoisotopic (exact) mass is 446 g/mol. The first-order chi connectivity index (χ1) is 16.0. The first-order valence-corrected chi connectivity index (χ1v) is 11.1. The van der Waals surface area contributed by atoms with Gasteiger partial charge in [-0.25, -0.2) is 9.67 Å². The van der Waals surface area contributed by atoms with Gasteiger partial charge >= 0.3 is 0 Å². The van der Waals surface area contributed by atoms with Gasteiger partial charge < -0.3 is 20.5 Å². The van der Waals surface area contributed by atoms with Gasteiger partial charge in [0.05, 0.1) is 29.5 Å². The Morgan fingerprint density at radius 1 is 1.12 bits per heavy atom. The maximum atomic E-state index is 9.94. The molecule has 172 valence electrons. The van der Waals surface area contributed by atoms with Crippen molar-refractivity contribution >= 4 is 16.7 Å². The Bertz CT molecular complexity index is 1190. The van der Waals surface area contributed by atoms with Crippen molar-refractivity contribution in [2.45, 2.75) is 32.5 Å².